The van der Waals surface area contributed by atoms with Crippen LogP contribution in [-0.4, -0.2) is 36.1 Å². The summed E-state index contributed by atoms with van der Waals surface area (Å²) in [5.74, 6) is -0.318. The fourth-order valence-electron chi connectivity index (χ4n) is 8.23. The van der Waals surface area contributed by atoms with Crippen LogP contribution in [-0.2, 0) is 32.6 Å². The summed E-state index contributed by atoms with van der Waals surface area (Å²) in [4.78, 5) is 26.1. The Labute approximate surface area is 356 Å². The zero-order valence-electron chi connectivity index (χ0n) is 35.8. The van der Waals surface area contributed by atoms with Crippen molar-refractivity contribution in [1.29, 1.82) is 5.26 Å². The molecule has 0 amide bonds. The molecule has 0 fully saturated rings. The van der Waals surface area contributed by atoms with Crippen molar-refractivity contribution in [2.24, 2.45) is 5.41 Å². The van der Waals surface area contributed by atoms with E-state index in [1.807, 2.05) is 45.1 Å². The second kappa shape index (κ2) is 21.0. The SMILES string of the molecule is C=C(/C=C(\C=C/NCCC(=O)O)OC(C)C)C(C)(C/C=C/C(C#N)=C/C=C1/N(CCC)c2c(ccc3ccccc23)C1(Cc1ccccc1)Cc1ccccc1)CC(C)=O. The van der Waals surface area contributed by atoms with Gasteiger partial charge in [0.05, 0.1) is 29.9 Å². The number of ether oxygens (including phenoxy) is 1. The molecule has 1 atom stereocenters. The molecule has 1 unspecified atom stereocenters. The first-order valence-electron chi connectivity index (χ1n) is 20.9. The maximum atomic E-state index is 12.6. The Bertz CT molecular complexity index is 2290. The largest absolute Gasteiger partial charge is 0.491 e. The summed E-state index contributed by atoms with van der Waals surface area (Å²) < 4.78 is 6.05. The molecule has 0 radical (unpaired) electrons. The number of nitriles is 1. The summed E-state index contributed by atoms with van der Waals surface area (Å²) in [6.07, 6.45) is 16.2. The minimum Gasteiger partial charge on any atom is -0.491 e. The molecule has 1 heterocycles. The maximum absolute atomic E-state index is 12.6. The van der Waals surface area contributed by atoms with E-state index < -0.39 is 16.8 Å². The number of carboxylic acid groups (broad SMARTS) is 1. The Morgan fingerprint density at radius 1 is 0.967 bits per heavy atom. The minimum absolute atomic E-state index is 0.00946. The van der Waals surface area contributed by atoms with Crippen molar-refractivity contribution in [2.75, 3.05) is 18.0 Å². The fourth-order valence-corrected chi connectivity index (χ4v) is 8.23. The van der Waals surface area contributed by atoms with E-state index in [9.17, 15) is 14.9 Å². The summed E-state index contributed by atoms with van der Waals surface area (Å²) in [5, 5.41) is 24.9. The van der Waals surface area contributed by atoms with Gasteiger partial charge in [0.2, 0.25) is 0 Å². The van der Waals surface area contributed by atoms with E-state index in [1.165, 1.54) is 33.2 Å². The van der Waals surface area contributed by atoms with Gasteiger partial charge in [-0.25, -0.2) is 0 Å². The van der Waals surface area contributed by atoms with Crippen LogP contribution in [0.4, 0.5) is 5.69 Å². The van der Waals surface area contributed by atoms with E-state index in [4.69, 9.17) is 9.84 Å². The summed E-state index contributed by atoms with van der Waals surface area (Å²) >= 11 is 0. The molecule has 0 spiro atoms. The zero-order chi connectivity index (χ0) is 43.1. The third kappa shape index (κ3) is 11.4. The van der Waals surface area contributed by atoms with E-state index in [2.05, 4.69) is 133 Å². The Morgan fingerprint density at radius 2 is 1.62 bits per heavy atom. The Hall–Kier alpha value is -6.39. The molecule has 310 valence electrons. The predicted octanol–water partition coefficient (Wildman–Crippen LogP) is 11.5. The molecule has 4 aromatic carbocycles. The highest BCUT2D eigenvalue weighted by Gasteiger charge is 2.47. The molecule has 0 saturated heterocycles. The third-order valence-electron chi connectivity index (χ3n) is 11.0. The second-order valence-corrected chi connectivity index (χ2v) is 16.2. The number of benzene rings is 4. The van der Waals surface area contributed by atoms with Crippen LogP contribution in [0.1, 0.15) is 77.0 Å². The number of allylic oxidation sites excluding steroid dienone is 9. The van der Waals surface area contributed by atoms with Gasteiger partial charge in [-0.2, -0.15) is 5.26 Å². The van der Waals surface area contributed by atoms with E-state index in [0.717, 1.165) is 31.5 Å². The van der Waals surface area contributed by atoms with Crippen LogP contribution in [0.3, 0.4) is 0 Å². The smallest absolute Gasteiger partial charge is 0.305 e. The summed E-state index contributed by atoms with van der Waals surface area (Å²) in [6, 6.07) is 37.0. The quantitative estimate of drug-likeness (QED) is 0.0374. The molecule has 5 rings (SSSR count). The molecule has 2 N–H and O–H groups in total. The standard InChI is InChI=1S/C53H59N3O4/c1-7-33-56-49(27-24-44(38-54)21-16-30-52(6,35-41(5)57)40(4)34-46(60-39(2)3)28-31-55-32-29-50(58)59)53(36-42-17-10-8-11-18-42,37-43-19-12-9-13-20-43)48-26-25-45-22-14-15-23-47(45)51(48)56/h8-28,31,34,39,55H,4,7,29-30,32-33,35-37H2,1-3,5-6H3,(H,58,59)/b21-16+,31-28-,44-24-,46-34+,49-27+. The number of rotatable bonds is 21. The Balaban J connectivity index is 1.57. The lowest BCUT2D eigenvalue weighted by Gasteiger charge is -2.34. The zero-order valence-corrected chi connectivity index (χ0v) is 35.8. The molecular formula is C53H59N3O4. The average molecular weight is 802 g/mol. The molecule has 0 saturated carbocycles. The lowest BCUT2D eigenvalue weighted by molar-refractivity contribution is -0.136. The highest BCUT2D eigenvalue weighted by Crippen LogP contribution is 2.54. The van der Waals surface area contributed by atoms with Crippen molar-refractivity contribution in [3.63, 3.8) is 0 Å². The van der Waals surface area contributed by atoms with Crippen LogP contribution in [0.2, 0.25) is 0 Å². The van der Waals surface area contributed by atoms with E-state index >= 15 is 0 Å². The van der Waals surface area contributed by atoms with Gasteiger partial charge < -0.3 is 20.1 Å². The number of aliphatic carboxylic acids is 1. The number of nitrogens with one attached hydrogen (secondary N) is 1. The lowest BCUT2D eigenvalue weighted by atomic mass is 9.70. The average Bonchev–Trinajstić information content (AvgIpc) is 3.46. The number of hydrogen-bond acceptors (Lipinski definition) is 6. The van der Waals surface area contributed by atoms with Gasteiger partial charge >= 0.3 is 5.97 Å². The van der Waals surface area contributed by atoms with Gasteiger partial charge in [0, 0.05) is 47.6 Å². The lowest BCUT2D eigenvalue weighted by Crippen LogP contribution is -2.36. The van der Waals surface area contributed by atoms with E-state index in [1.54, 1.807) is 19.2 Å². The Kier molecular flexibility index (Phi) is 15.7. The normalized spacial score (nSPS) is 15.7. The van der Waals surface area contributed by atoms with Crippen LogP contribution >= 0.6 is 0 Å². The van der Waals surface area contributed by atoms with Crippen LogP contribution in [0.15, 0.2) is 169 Å². The predicted molar refractivity (Wildman–Crippen MR) is 245 cm³/mol. The molecule has 0 bridgehead atoms. The van der Waals surface area contributed by atoms with E-state index in [-0.39, 0.29) is 31.3 Å². The Morgan fingerprint density at radius 3 is 2.22 bits per heavy atom. The van der Waals surface area contributed by atoms with Gasteiger partial charge in [-0.3, -0.25) is 9.59 Å². The first kappa shape index (κ1) is 44.7. The van der Waals surface area contributed by atoms with Crippen molar-refractivity contribution in [3.8, 4) is 6.07 Å². The number of hydrogen-bond donors (Lipinski definition) is 2. The van der Waals surface area contributed by atoms with Gasteiger partial charge in [-0.1, -0.05) is 124 Å². The second-order valence-electron chi connectivity index (χ2n) is 16.2. The highest BCUT2D eigenvalue weighted by molar-refractivity contribution is 5.99. The number of carbonyl (C=O) groups is 2. The number of carboxylic acids is 1. The number of Topliss-reactive ketones (excluding diaryl/α,β-unsaturated/α-hetero) is 1. The number of carbonyl (C=O) groups excluding carboxylic acids is 1. The van der Waals surface area contributed by atoms with Crippen LogP contribution < -0.4 is 10.2 Å². The van der Waals surface area contributed by atoms with Gasteiger partial charge in [-0.15, -0.1) is 0 Å². The van der Waals surface area contributed by atoms with Crippen LogP contribution in [0.5, 0.6) is 0 Å². The maximum Gasteiger partial charge on any atom is 0.305 e. The monoisotopic (exact) mass is 801 g/mol. The van der Waals surface area contributed by atoms with Gasteiger partial charge in [0.25, 0.3) is 0 Å². The molecule has 7 nitrogen and oxygen atoms in total. The van der Waals surface area contributed by atoms with Crippen molar-refractivity contribution in [2.45, 2.75) is 84.7 Å². The first-order valence-corrected chi connectivity index (χ1v) is 20.9. The van der Waals surface area contributed by atoms with Gasteiger partial charge in [-0.05, 0) is 104 Å². The van der Waals surface area contributed by atoms with Crippen molar-refractivity contribution in [1.82, 2.24) is 5.32 Å². The van der Waals surface area contributed by atoms with Crippen LogP contribution in [0, 0.1) is 16.7 Å². The number of nitrogens with zero attached hydrogens (tertiary/aromatic N) is 2. The molecule has 0 aromatic heterocycles. The first-order chi connectivity index (χ1) is 28.9. The summed E-state index contributed by atoms with van der Waals surface area (Å²) in [7, 11) is 0. The van der Waals surface area contributed by atoms with Crippen molar-refractivity contribution >= 4 is 28.2 Å². The van der Waals surface area contributed by atoms with Gasteiger partial charge in [0.1, 0.15) is 11.5 Å². The van der Waals surface area contributed by atoms with Crippen molar-refractivity contribution in [3.05, 3.63) is 186 Å². The summed E-state index contributed by atoms with van der Waals surface area (Å²) in [5.41, 5.74) is 6.27. The third-order valence-corrected chi connectivity index (χ3v) is 11.0. The molecule has 1 aliphatic heterocycles. The number of ketones is 1. The summed E-state index contributed by atoms with van der Waals surface area (Å²) in [6.45, 7) is 15.1. The van der Waals surface area contributed by atoms with Crippen LogP contribution in [0.25, 0.3) is 10.8 Å². The number of fused-ring (bicyclic) bond motifs is 3. The fraction of sp³-hybridized carbons (Fsp3) is 0.302. The molecule has 7 heteroatoms. The molecule has 0 aliphatic carbocycles. The molecule has 4 aromatic rings. The van der Waals surface area contributed by atoms with Gasteiger partial charge in [0.15, 0.2) is 0 Å². The van der Waals surface area contributed by atoms with Crippen molar-refractivity contribution < 1.29 is 19.4 Å². The topological polar surface area (TPSA) is 103 Å². The minimum atomic E-state index is -0.881. The van der Waals surface area contributed by atoms with E-state index in [0.29, 0.717) is 23.3 Å². The number of anilines is 1. The highest BCUT2D eigenvalue weighted by atomic mass is 16.5. The molecule has 60 heavy (non-hydrogen) atoms. The molecular weight excluding hydrogens is 743 g/mol. The molecule has 1 aliphatic rings.